The highest BCUT2D eigenvalue weighted by atomic mass is 16.7. The molecule has 0 aliphatic carbocycles. The number of aliphatic hydroxyl groups is 8. The van der Waals surface area contributed by atoms with Gasteiger partial charge in [0.15, 0.2) is 18.9 Å². The van der Waals surface area contributed by atoms with E-state index in [-0.39, 0.29) is 0 Å². The van der Waals surface area contributed by atoms with Gasteiger partial charge in [-0.15, -0.1) is 0 Å². The Labute approximate surface area is 226 Å². The third-order valence-electron chi connectivity index (χ3n) is 7.45. The lowest BCUT2D eigenvalue weighted by Gasteiger charge is -2.49. The van der Waals surface area contributed by atoms with Crippen LogP contribution in [0.2, 0.25) is 0 Å². The zero-order chi connectivity index (χ0) is 28.9. The molecule has 0 aromatic carbocycles. The van der Waals surface area contributed by atoms with Gasteiger partial charge in [-0.05, 0) is 13.0 Å². The van der Waals surface area contributed by atoms with Crippen molar-refractivity contribution in [2.24, 2.45) is 11.5 Å². The van der Waals surface area contributed by atoms with Crippen LogP contribution in [0.15, 0.2) is 0 Å². The van der Waals surface area contributed by atoms with Crippen molar-refractivity contribution < 1.29 is 64.5 Å². The zero-order valence-electron chi connectivity index (χ0n) is 21.9. The Morgan fingerprint density at radius 1 is 0.667 bits per heavy atom. The molecule has 0 amide bonds. The van der Waals surface area contributed by atoms with Gasteiger partial charge in [-0.3, -0.25) is 0 Å². The second-order valence-electron chi connectivity index (χ2n) is 10.2. The van der Waals surface area contributed by atoms with Crippen molar-refractivity contribution in [1.29, 1.82) is 0 Å². The number of nitrogens with two attached hydrogens (primary N) is 2. The summed E-state index contributed by atoms with van der Waals surface area (Å²) in [5.41, 5.74) is 11.8. The van der Waals surface area contributed by atoms with Gasteiger partial charge < -0.3 is 81.3 Å². The van der Waals surface area contributed by atoms with Gasteiger partial charge in [-0.25, -0.2) is 0 Å². The fraction of sp³-hybridized carbons (Fsp3) is 1.00. The van der Waals surface area contributed by atoms with Gasteiger partial charge in [0.2, 0.25) is 0 Å². The van der Waals surface area contributed by atoms with Crippen LogP contribution in [0.4, 0.5) is 0 Å². The third kappa shape index (κ3) is 7.42. The molecule has 39 heavy (non-hydrogen) atoms. The summed E-state index contributed by atoms with van der Waals surface area (Å²) in [4.78, 5) is 0. The van der Waals surface area contributed by atoms with E-state index in [0.717, 1.165) is 19.3 Å². The number of nitrogens with one attached hydrogen (secondary N) is 1. The molecule has 3 heterocycles. The highest BCUT2D eigenvalue weighted by Crippen LogP contribution is 2.31. The van der Waals surface area contributed by atoms with Crippen LogP contribution in [0, 0.1) is 0 Å². The molecule has 0 aromatic heterocycles. The molecule has 3 aliphatic heterocycles. The molecule has 0 radical (unpaired) electrons. The highest BCUT2D eigenvalue weighted by molar-refractivity contribution is 4.99. The van der Waals surface area contributed by atoms with E-state index in [2.05, 4.69) is 5.32 Å². The van der Waals surface area contributed by atoms with Crippen molar-refractivity contribution in [3.05, 3.63) is 0 Å². The zero-order valence-corrected chi connectivity index (χ0v) is 21.9. The summed E-state index contributed by atoms with van der Waals surface area (Å²) in [6.45, 7) is 0.533. The molecule has 0 spiro atoms. The van der Waals surface area contributed by atoms with Gasteiger partial charge in [0, 0.05) is 0 Å². The van der Waals surface area contributed by atoms with Crippen LogP contribution in [0.1, 0.15) is 26.2 Å². The van der Waals surface area contributed by atoms with E-state index >= 15 is 0 Å². The van der Waals surface area contributed by atoms with Crippen LogP contribution < -0.4 is 16.8 Å². The highest BCUT2D eigenvalue weighted by Gasteiger charge is 2.53. The maximum Gasteiger partial charge on any atom is 0.176 e. The second kappa shape index (κ2) is 15.0. The Bertz CT molecular complexity index is 725. The summed E-state index contributed by atoms with van der Waals surface area (Å²) in [5.74, 6) is 0. The largest absolute Gasteiger partial charge is 0.394 e. The summed E-state index contributed by atoms with van der Waals surface area (Å²) in [7, 11) is 0. The molecule has 230 valence electrons. The maximum absolute atomic E-state index is 11.4. The number of ether oxygens (including phenoxy) is 5. The minimum Gasteiger partial charge on any atom is -0.394 e. The first-order valence-electron chi connectivity index (χ1n) is 13.3. The predicted octanol–water partition coefficient (Wildman–Crippen LogP) is -5.85. The molecular weight excluding hydrogens is 526 g/mol. The van der Waals surface area contributed by atoms with Crippen molar-refractivity contribution in [3.63, 3.8) is 0 Å². The van der Waals surface area contributed by atoms with Gasteiger partial charge in [0.25, 0.3) is 0 Å². The summed E-state index contributed by atoms with van der Waals surface area (Å²) in [6, 6.07) is -3.52. The number of hydrogen-bond acceptors (Lipinski definition) is 16. The van der Waals surface area contributed by atoms with Crippen molar-refractivity contribution in [2.45, 2.75) is 118 Å². The first-order valence-corrected chi connectivity index (χ1v) is 13.3. The van der Waals surface area contributed by atoms with Gasteiger partial charge >= 0.3 is 0 Å². The Balaban J connectivity index is 1.82. The molecule has 16 heteroatoms. The Hall–Kier alpha value is -0.640. The lowest BCUT2D eigenvalue weighted by Crippen LogP contribution is -2.70. The first kappa shape index (κ1) is 32.9. The van der Waals surface area contributed by atoms with E-state index in [0.29, 0.717) is 6.54 Å². The van der Waals surface area contributed by atoms with Crippen molar-refractivity contribution in [2.75, 3.05) is 26.4 Å². The topological polar surface area (TPSA) is 272 Å². The van der Waals surface area contributed by atoms with Gasteiger partial charge in [-0.2, -0.15) is 0 Å². The maximum atomic E-state index is 11.4. The average molecular weight is 572 g/mol. The SMILES string of the molecule is CCCCCN[C@H]1[C@H](OC2[C@@H](CO)O[C@@H](O)[C@H](N)[C@H]2O)O[C@H](CO)C(O[C@@H]2O[C@H](CO)[C@@H](O)[C@H](O)[C@H]2N)[C@@H]1O. The molecule has 0 bridgehead atoms. The normalized spacial score (nSPS) is 47.3. The van der Waals surface area contributed by atoms with Crippen molar-refractivity contribution >= 4 is 0 Å². The van der Waals surface area contributed by atoms with Crippen LogP contribution in [0.5, 0.6) is 0 Å². The monoisotopic (exact) mass is 571 g/mol. The molecular formula is C23H45N3O13. The summed E-state index contributed by atoms with van der Waals surface area (Å²) in [6.07, 6.45) is -13.7. The first-order chi connectivity index (χ1) is 18.6. The average Bonchev–Trinajstić information content (AvgIpc) is 2.93. The smallest absolute Gasteiger partial charge is 0.176 e. The fourth-order valence-electron chi connectivity index (χ4n) is 5.02. The molecule has 2 unspecified atom stereocenters. The van der Waals surface area contributed by atoms with E-state index in [1.165, 1.54) is 0 Å². The summed E-state index contributed by atoms with van der Waals surface area (Å²) < 4.78 is 28.6. The number of aliphatic hydroxyl groups excluding tert-OH is 8. The number of hydrogen-bond donors (Lipinski definition) is 11. The second-order valence-corrected chi connectivity index (χ2v) is 10.2. The molecule has 13 N–H and O–H groups in total. The van der Waals surface area contributed by atoms with Gasteiger partial charge in [-0.1, -0.05) is 19.8 Å². The van der Waals surface area contributed by atoms with E-state index in [1.807, 2.05) is 6.92 Å². The molecule has 3 rings (SSSR count). The molecule has 3 aliphatic rings. The molecule has 0 saturated carbocycles. The van der Waals surface area contributed by atoms with Crippen LogP contribution in [-0.4, -0.2) is 159 Å². The quantitative estimate of drug-likeness (QED) is 0.0973. The van der Waals surface area contributed by atoms with E-state index in [9.17, 15) is 40.9 Å². The lowest BCUT2D eigenvalue weighted by molar-refractivity contribution is -0.350. The van der Waals surface area contributed by atoms with E-state index < -0.39 is 112 Å². The Morgan fingerprint density at radius 3 is 1.85 bits per heavy atom. The van der Waals surface area contributed by atoms with E-state index in [1.54, 1.807) is 0 Å². The third-order valence-corrected chi connectivity index (χ3v) is 7.45. The van der Waals surface area contributed by atoms with Gasteiger partial charge in [0.1, 0.15) is 54.9 Å². The predicted molar refractivity (Wildman–Crippen MR) is 130 cm³/mol. The number of rotatable bonds is 12. The van der Waals surface area contributed by atoms with Crippen molar-refractivity contribution in [1.82, 2.24) is 5.32 Å². The standard InChI is InChI=1S/C23H45N3O13/c1-2-3-4-5-26-14-18(33)20(38-22-13(25)16(31)15(30)9(6-27)36-22)11(8-29)37-23(14)39-19-10(7-28)35-21(34)12(24)17(19)32/h9-23,26-34H,2-8,24-25H2,1H3/t9-,10-,11-,12-,13-,14-,15-,16-,17-,18-,19?,20?,21-,22+,23+/m1/s1. The summed E-state index contributed by atoms with van der Waals surface area (Å²) >= 11 is 0. The van der Waals surface area contributed by atoms with Crippen LogP contribution in [-0.2, 0) is 23.7 Å². The van der Waals surface area contributed by atoms with Crippen molar-refractivity contribution in [3.8, 4) is 0 Å². The van der Waals surface area contributed by atoms with Crippen LogP contribution >= 0.6 is 0 Å². The molecule has 3 saturated heterocycles. The Morgan fingerprint density at radius 2 is 1.23 bits per heavy atom. The molecule has 0 aromatic rings. The Kier molecular flexibility index (Phi) is 12.7. The van der Waals surface area contributed by atoms with Gasteiger partial charge in [0.05, 0.1) is 37.9 Å². The van der Waals surface area contributed by atoms with E-state index in [4.69, 9.17) is 35.2 Å². The molecule has 16 nitrogen and oxygen atoms in total. The fourth-order valence-corrected chi connectivity index (χ4v) is 5.02. The lowest BCUT2D eigenvalue weighted by atomic mass is 9.94. The minimum atomic E-state index is -1.54. The molecule has 3 fully saturated rings. The molecule has 15 atom stereocenters. The number of unbranched alkanes of at least 4 members (excludes halogenated alkanes) is 2. The minimum absolute atomic E-state index is 0.428. The van der Waals surface area contributed by atoms with Crippen LogP contribution in [0.25, 0.3) is 0 Å². The van der Waals surface area contributed by atoms with Crippen LogP contribution in [0.3, 0.4) is 0 Å². The summed E-state index contributed by atoms with van der Waals surface area (Å²) in [5, 5.41) is 84.8.